The van der Waals surface area contributed by atoms with Crippen LogP contribution in [0.1, 0.15) is 23.7 Å². The molecule has 112 valence electrons. The highest BCUT2D eigenvalue weighted by atomic mass is 16.6. The highest BCUT2D eigenvalue weighted by molar-refractivity contribution is 5.95. The highest BCUT2D eigenvalue weighted by Crippen LogP contribution is 2.35. The molecule has 0 aliphatic carbocycles. The van der Waals surface area contributed by atoms with Crippen molar-refractivity contribution in [2.75, 3.05) is 18.0 Å². The predicted octanol–water partition coefficient (Wildman–Crippen LogP) is 0.995. The van der Waals surface area contributed by atoms with Crippen LogP contribution in [0.2, 0.25) is 0 Å². The fourth-order valence-electron chi connectivity index (χ4n) is 2.45. The molecule has 1 unspecified atom stereocenters. The summed E-state index contributed by atoms with van der Waals surface area (Å²) < 4.78 is 0. The molecular weight excluding hydrogens is 278 g/mol. The quantitative estimate of drug-likeness (QED) is 0.629. The van der Waals surface area contributed by atoms with Gasteiger partial charge in [-0.2, -0.15) is 0 Å². The number of rotatable bonds is 4. The van der Waals surface area contributed by atoms with Crippen LogP contribution in [0.4, 0.5) is 11.4 Å². The number of nitro benzene ring substituents is 1. The van der Waals surface area contributed by atoms with E-state index in [0.29, 0.717) is 25.2 Å². The molecule has 1 aliphatic heterocycles. The number of hydrogen-bond donors (Lipinski definition) is 2. The Balaban J connectivity index is 2.39. The van der Waals surface area contributed by atoms with E-state index in [1.165, 1.54) is 12.1 Å². The van der Waals surface area contributed by atoms with Crippen molar-refractivity contribution in [1.29, 1.82) is 0 Å². The zero-order valence-corrected chi connectivity index (χ0v) is 11.4. The van der Waals surface area contributed by atoms with E-state index >= 15 is 0 Å². The summed E-state index contributed by atoms with van der Waals surface area (Å²) in [4.78, 5) is 34.6. The topological polar surface area (TPSA) is 127 Å². The summed E-state index contributed by atoms with van der Waals surface area (Å²) in [6, 6.07) is 3.67. The second kappa shape index (κ2) is 5.04. The molecule has 2 rings (SSSR count). The number of amides is 1. The Kier molecular flexibility index (Phi) is 3.54. The summed E-state index contributed by atoms with van der Waals surface area (Å²) in [6.45, 7) is 2.49. The summed E-state index contributed by atoms with van der Waals surface area (Å²) in [5.41, 5.74) is 4.56. The lowest BCUT2D eigenvalue weighted by atomic mass is 9.89. The number of carbonyl (C=O) groups excluding carboxylic acids is 1. The number of nitro groups is 1. The van der Waals surface area contributed by atoms with Crippen LogP contribution in [0.25, 0.3) is 0 Å². The maximum absolute atomic E-state index is 11.5. The SMILES string of the molecule is CC1(C(N)=O)CCN(c2ccc([N+](=O)[O-])cc2C(=O)O)C1. The van der Waals surface area contributed by atoms with Gasteiger partial charge in [-0.25, -0.2) is 4.79 Å². The molecule has 0 bridgehead atoms. The van der Waals surface area contributed by atoms with Crippen molar-refractivity contribution in [2.45, 2.75) is 13.3 Å². The first-order valence-electron chi connectivity index (χ1n) is 6.31. The van der Waals surface area contributed by atoms with Gasteiger partial charge in [-0.15, -0.1) is 0 Å². The first-order valence-corrected chi connectivity index (χ1v) is 6.31. The summed E-state index contributed by atoms with van der Waals surface area (Å²) in [6.07, 6.45) is 0.512. The lowest BCUT2D eigenvalue weighted by Crippen LogP contribution is -2.37. The third kappa shape index (κ3) is 2.64. The van der Waals surface area contributed by atoms with Crippen molar-refractivity contribution in [3.8, 4) is 0 Å². The third-order valence-corrected chi connectivity index (χ3v) is 3.83. The fourth-order valence-corrected chi connectivity index (χ4v) is 2.45. The Bertz CT molecular complexity index is 630. The van der Waals surface area contributed by atoms with Gasteiger partial charge in [0.1, 0.15) is 0 Å². The molecule has 1 aromatic carbocycles. The van der Waals surface area contributed by atoms with E-state index in [-0.39, 0.29) is 11.3 Å². The number of carbonyl (C=O) groups is 2. The van der Waals surface area contributed by atoms with Crippen molar-refractivity contribution < 1.29 is 19.6 Å². The van der Waals surface area contributed by atoms with Crippen molar-refractivity contribution in [3.63, 3.8) is 0 Å². The third-order valence-electron chi connectivity index (χ3n) is 3.83. The van der Waals surface area contributed by atoms with Gasteiger partial charge in [0.05, 0.1) is 21.6 Å². The Hall–Kier alpha value is -2.64. The number of anilines is 1. The average Bonchev–Trinajstić information content (AvgIpc) is 2.82. The predicted molar refractivity (Wildman–Crippen MR) is 74.2 cm³/mol. The molecule has 0 saturated carbocycles. The van der Waals surface area contributed by atoms with Crippen LogP contribution in [0.3, 0.4) is 0 Å². The van der Waals surface area contributed by atoms with E-state index in [0.717, 1.165) is 6.07 Å². The smallest absolute Gasteiger partial charge is 0.338 e. The summed E-state index contributed by atoms with van der Waals surface area (Å²) in [7, 11) is 0. The molecule has 1 aromatic rings. The van der Waals surface area contributed by atoms with Crippen LogP contribution in [-0.2, 0) is 4.79 Å². The molecule has 21 heavy (non-hydrogen) atoms. The minimum atomic E-state index is -1.25. The zero-order valence-electron chi connectivity index (χ0n) is 11.4. The largest absolute Gasteiger partial charge is 0.478 e. The summed E-state index contributed by atoms with van der Waals surface area (Å²) >= 11 is 0. The number of nitrogens with two attached hydrogens (primary N) is 1. The Morgan fingerprint density at radius 2 is 2.14 bits per heavy atom. The van der Waals surface area contributed by atoms with Crippen molar-refractivity contribution in [2.24, 2.45) is 11.1 Å². The lowest BCUT2D eigenvalue weighted by Gasteiger charge is -2.23. The summed E-state index contributed by atoms with van der Waals surface area (Å²) in [5.74, 6) is -1.69. The normalized spacial score (nSPS) is 21.3. The van der Waals surface area contributed by atoms with Gasteiger partial charge in [-0.1, -0.05) is 0 Å². The van der Waals surface area contributed by atoms with Gasteiger partial charge < -0.3 is 15.7 Å². The average molecular weight is 293 g/mol. The van der Waals surface area contributed by atoms with E-state index in [1.54, 1.807) is 11.8 Å². The number of carboxylic acid groups (broad SMARTS) is 1. The van der Waals surface area contributed by atoms with Gasteiger partial charge in [0.25, 0.3) is 5.69 Å². The number of non-ortho nitro benzene ring substituents is 1. The van der Waals surface area contributed by atoms with E-state index in [4.69, 9.17) is 5.73 Å². The van der Waals surface area contributed by atoms with Crippen molar-refractivity contribution in [3.05, 3.63) is 33.9 Å². The number of aromatic carboxylic acids is 1. The molecule has 0 aromatic heterocycles. The van der Waals surface area contributed by atoms with E-state index in [1.807, 2.05) is 0 Å². The molecule has 3 N–H and O–H groups in total. The number of primary amides is 1. The van der Waals surface area contributed by atoms with Crippen LogP contribution in [-0.4, -0.2) is 35.0 Å². The molecule has 1 heterocycles. The second-order valence-corrected chi connectivity index (χ2v) is 5.36. The summed E-state index contributed by atoms with van der Waals surface area (Å²) in [5, 5.41) is 20.0. The Morgan fingerprint density at radius 3 is 2.62 bits per heavy atom. The standard InChI is InChI=1S/C13H15N3O5/c1-13(12(14)19)4-5-15(7-13)10-3-2-8(16(20)21)6-9(10)11(17)18/h2-3,6H,4-5,7H2,1H3,(H2,14,19)(H,17,18). The van der Waals surface area contributed by atoms with Gasteiger partial charge >= 0.3 is 5.97 Å². The highest BCUT2D eigenvalue weighted by Gasteiger charge is 2.40. The minimum absolute atomic E-state index is 0.155. The first-order chi connectivity index (χ1) is 9.74. The zero-order chi connectivity index (χ0) is 15.8. The molecule has 1 atom stereocenters. The number of hydrogen-bond acceptors (Lipinski definition) is 5. The van der Waals surface area contributed by atoms with E-state index in [9.17, 15) is 24.8 Å². The molecule has 1 aliphatic rings. The molecule has 1 saturated heterocycles. The van der Waals surface area contributed by atoms with Crippen LogP contribution in [0.5, 0.6) is 0 Å². The second-order valence-electron chi connectivity index (χ2n) is 5.36. The molecule has 1 fully saturated rings. The number of carboxylic acids is 1. The Labute approximate surface area is 120 Å². The van der Waals surface area contributed by atoms with Gasteiger partial charge in [0.15, 0.2) is 0 Å². The van der Waals surface area contributed by atoms with Gasteiger partial charge in [0, 0.05) is 25.2 Å². The Morgan fingerprint density at radius 1 is 1.48 bits per heavy atom. The van der Waals surface area contributed by atoms with Crippen molar-refractivity contribution in [1.82, 2.24) is 0 Å². The maximum Gasteiger partial charge on any atom is 0.338 e. The first kappa shape index (κ1) is 14.8. The van der Waals surface area contributed by atoms with Crippen LogP contribution < -0.4 is 10.6 Å². The fraction of sp³-hybridized carbons (Fsp3) is 0.385. The molecule has 1 amide bonds. The van der Waals surface area contributed by atoms with Gasteiger partial charge in [-0.3, -0.25) is 14.9 Å². The van der Waals surface area contributed by atoms with E-state index < -0.39 is 22.2 Å². The molecule has 8 nitrogen and oxygen atoms in total. The lowest BCUT2D eigenvalue weighted by molar-refractivity contribution is -0.384. The monoisotopic (exact) mass is 293 g/mol. The molecule has 8 heteroatoms. The van der Waals surface area contributed by atoms with Gasteiger partial charge in [-0.05, 0) is 19.4 Å². The maximum atomic E-state index is 11.5. The number of nitrogens with zero attached hydrogens (tertiary/aromatic N) is 2. The number of benzene rings is 1. The van der Waals surface area contributed by atoms with Crippen LogP contribution in [0.15, 0.2) is 18.2 Å². The van der Waals surface area contributed by atoms with Crippen LogP contribution >= 0.6 is 0 Å². The van der Waals surface area contributed by atoms with Crippen LogP contribution in [0, 0.1) is 15.5 Å². The molecular formula is C13H15N3O5. The van der Waals surface area contributed by atoms with E-state index in [2.05, 4.69) is 0 Å². The van der Waals surface area contributed by atoms with Gasteiger partial charge in [0.2, 0.25) is 5.91 Å². The van der Waals surface area contributed by atoms with Crippen molar-refractivity contribution >= 4 is 23.3 Å². The molecule has 0 radical (unpaired) electrons. The minimum Gasteiger partial charge on any atom is -0.478 e. The molecule has 0 spiro atoms.